The molecule has 0 bridgehead atoms. The SMILES string of the molecule is Cc1oc(CNC(=O)C2CCC(C)O2)cc1C(=O)O. The molecule has 6 nitrogen and oxygen atoms in total. The van der Waals surface area contributed by atoms with E-state index < -0.39 is 12.1 Å². The number of carboxylic acid groups (broad SMARTS) is 1. The van der Waals surface area contributed by atoms with Crippen LogP contribution in [0.15, 0.2) is 10.5 Å². The van der Waals surface area contributed by atoms with Crippen molar-refractivity contribution in [2.45, 2.75) is 45.4 Å². The minimum Gasteiger partial charge on any atom is -0.478 e. The molecule has 2 N–H and O–H groups in total. The first-order chi connectivity index (χ1) is 8.97. The van der Waals surface area contributed by atoms with E-state index in [9.17, 15) is 9.59 Å². The molecule has 1 fully saturated rings. The zero-order valence-electron chi connectivity index (χ0n) is 10.9. The van der Waals surface area contributed by atoms with Crippen molar-refractivity contribution >= 4 is 11.9 Å². The number of carbonyl (C=O) groups excluding carboxylic acids is 1. The average Bonchev–Trinajstić information content (AvgIpc) is 2.92. The lowest BCUT2D eigenvalue weighted by Crippen LogP contribution is -2.34. The van der Waals surface area contributed by atoms with Crippen LogP contribution in [0, 0.1) is 6.92 Å². The van der Waals surface area contributed by atoms with Crippen molar-refractivity contribution in [3.63, 3.8) is 0 Å². The quantitative estimate of drug-likeness (QED) is 0.862. The van der Waals surface area contributed by atoms with Crippen LogP contribution in [0.3, 0.4) is 0 Å². The molecule has 1 aliphatic rings. The molecular formula is C13H17NO5. The number of nitrogens with one attached hydrogen (secondary N) is 1. The molecule has 2 heterocycles. The molecule has 19 heavy (non-hydrogen) atoms. The number of hydrogen-bond acceptors (Lipinski definition) is 4. The number of hydrogen-bond donors (Lipinski definition) is 2. The van der Waals surface area contributed by atoms with Gasteiger partial charge in [0.25, 0.3) is 0 Å². The molecule has 0 aromatic carbocycles. The summed E-state index contributed by atoms with van der Waals surface area (Å²) in [6.45, 7) is 3.68. The summed E-state index contributed by atoms with van der Waals surface area (Å²) in [5.74, 6) is -0.459. The molecule has 2 atom stereocenters. The smallest absolute Gasteiger partial charge is 0.339 e. The van der Waals surface area contributed by atoms with Gasteiger partial charge in [-0.05, 0) is 32.8 Å². The van der Waals surface area contributed by atoms with E-state index in [1.807, 2.05) is 6.92 Å². The number of aryl methyl sites for hydroxylation is 1. The monoisotopic (exact) mass is 267 g/mol. The van der Waals surface area contributed by atoms with Crippen LogP contribution in [0.4, 0.5) is 0 Å². The zero-order chi connectivity index (χ0) is 14.0. The number of furan rings is 1. The van der Waals surface area contributed by atoms with E-state index in [0.29, 0.717) is 17.9 Å². The highest BCUT2D eigenvalue weighted by Crippen LogP contribution is 2.19. The molecule has 1 aliphatic heterocycles. The van der Waals surface area contributed by atoms with Crippen LogP contribution in [-0.4, -0.2) is 29.2 Å². The van der Waals surface area contributed by atoms with Crippen LogP contribution in [0.5, 0.6) is 0 Å². The largest absolute Gasteiger partial charge is 0.478 e. The lowest BCUT2D eigenvalue weighted by Gasteiger charge is -2.10. The highest BCUT2D eigenvalue weighted by molar-refractivity contribution is 5.88. The second-order valence-electron chi connectivity index (χ2n) is 4.72. The Morgan fingerprint density at radius 1 is 1.47 bits per heavy atom. The van der Waals surface area contributed by atoms with Crippen molar-refractivity contribution in [1.82, 2.24) is 5.32 Å². The van der Waals surface area contributed by atoms with Gasteiger partial charge in [0.15, 0.2) is 0 Å². The summed E-state index contributed by atoms with van der Waals surface area (Å²) in [6, 6.07) is 1.43. The fourth-order valence-electron chi connectivity index (χ4n) is 2.13. The van der Waals surface area contributed by atoms with E-state index in [4.69, 9.17) is 14.3 Å². The number of ether oxygens (including phenoxy) is 1. The van der Waals surface area contributed by atoms with Crippen molar-refractivity contribution in [1.29, 1.82) is 0 Å². The van der Waals surface area contributed by atoms with Crippen LogP contribution in [0.1, 0.15) is 41.6 Å². The predicted molar refractivity (Wildman–Crippen MR) is 65.8 cm³/mol. The lowest BCUT2D eigenvalue weighted by atomic mass is 10.2. The second-order valence-corrected chi connectivity index (χ2v) is 4.72. The summed E-state index contributed by atoms with van der Waals surface area (Å²) in [4.78, 5) is 22.6. The number of rotatable bonds is 4. The molecule has 6 heteroatoms. The number of aromatic carboxylic acids is 1. The summed E-state index contributed by atoms with van der Waals surface area (Å²) < 4.78 is 10.7. The van der Waals surface area contributed by atoms with Gasteiger partial charge in [0.05, 0.1) is 12.6 Å². The van der Waals surface area contributed by atoms with Crippen LogP contribution < -0.4 is 5.32 Å². The third-order valence-electron chi connectivity index (χ3n) is 3.16. The second kappa shape index (κ2) is 5.44. The van der Waals surface area contributed by atoms with E-state index in [1.54, 1.807) is 6.92 Å². The first-order valence-corrected chi connectivity index (χ1v) is 6.23. The Balaban J connectivity index is 1.90. The van der Waals surface area contributed by atoms with Crippen molar-refractivity contribution in [3.8, 4) is 0 Å². The Bertz CT molecular complexity index is 493. The Labute approximate surface area is 110 Å². The summed E-state index contributed by atoms with van der Waals surface area (Å²) >= 11 is 0. The molecule has 104 valence electrons. The first kappa shape index (κ1) is 13.6. The molecule has 1 amide bonds. The molecule has 1 aromatic rings. The van der Waals surface area contributed by atoms with Gasteiger partial charge >= 0.3 is 5.97 Å². The summed E-state index contributed by atoms with van der Waals surface area (Å²) in [6.07, 6.45) is 1.29. The maximum absolute atomic E-state index is 11.8. The average molecular weight is 267 g/mol. The Hall–Kier alpha value is -1.82. The first-order valence-electron chi connectivity index (χ1n) is 6.23. The van der Waals surface area contributed by atoms with Crippen LogP contribution >= 0.6 is 0 Å². The number of amides is 1. The van der Waals surface area contributed by atoms with E-state index in [2.05, 4.69) is 5.32 Å². The third kappa shape index (κ3) is 3.14. The predicted octanol–water partition coefficient (Wildman–Crippen LogP) is 1.47. The van der Waals surface area contributed by atoms with Crippen LogP contribution in [0.2, 0.25) is 0 Å². The van der Waals surface area contributed by atoms with E-state index >= 15 is 0 Å². The Morgan fingerprint density at radius 3 is 2.74 bits per heavy atom. The Kier molecular flexibility index (Phi) is 3.90. The molecule has 0 radical (unpaired) electrons. The van der Waals surface area contributed by atoms with Gasteiger partial charge in [0.2, 0.25) is 5.91 Å². The number of carbonyl (C=O) groups is 2. The highest BCUT2D eigenvalue weighted by atomic mass is 16.5. The van der Waals surface area contributed by atoms with Crippen LogP contribution in [0.25, 0.3) is 0 Å². The van der Waals surface area contributed by atoms with Crippen LogP contribution in [-0.2, 0) is 16.1 Å². The van der Waals surface area contributed by atoms with E-state index in [0.717, 1.165) is 6.42 Å². The van der Waals surface area contributed by atoms with E-state index in [-0.39, 0.29) is 24.1 Å². The molecule has 0 spiro atoms. The van der Waals surface area contributed by atoms with E-state index in [1.165, 1.54) is 6.07 Å². The fraction of sp³-hybridized carbons (Fsp3) is 0.538. The minimum absolute atomic E-state index is 0.111. The molecule has 1 saturated heterocycles. The lowest BCUT2D eigenvalue weighted by molar-refractivity contribution is -0.131. The maximum Gasteiger partial charge on any atom is 0.339 e. The summed E-state index contributed by atoms with van der Waals surface area (Å²) in [5, 5.41) is 11.6. The van der Waals surface area contributed by atoms with Gasteiger partial charge in [-0.25, -0.2) is 4.79 Å². The third-order valence-corrected chi connectivity index (χ3v) is 3.16. The zero-order valence-corrected chi connectivity index (χ0v) is 10.9. The van der Waals surface area contributed by atoms with Gasteiger partial charge < -0.3 is 19.6 Å². The van der Waals surface area contributed by atoms with Gasteiger partial charge in [0.1, 0.15) is 23.2 Å². The molecule has 0 saturated carbocycles. The van der Waals surface area contributed by atoms with Gasteiger partial charge in [-0.2, -0.15) is 0 Å². The highest BCUT2D eigenvalue weighted by Gasteiger charge is 2.28. The van der Waals surface area contributed by atoms with Gasteiger partial charge in [-0.15, -0.1) is 0 Å². The minimum atomic E-state index is -1.04. The molecule has 2 rings (SSSR count). The van der Waals surface area contributed by atoms with Crippen molar-refractivity contribution in [2.24, 2.45) is 0 Å². The molecule has 2 unspecified atom stereocenters. The van der Waals surface area contributed by atoms with Gasteiger partial charge in [-0.3, -0.25) is 4.79 Å². The maximum atomic E-state index is 11.8. The Morgan fingerprint density at radius 2 is 2.21 bits per heavy atom. The van der Waals surface area contributed by atoms with Crippen molar-refractivity contribution in [2.75, 3.05) is 0 Å². The number of carboxylic acids is 1. The fourth-order valence-corrected chi connectivity index (χ4v) is 2.13. The van der Waals surface area contributed by atoms with Crippen molar-refractivity contribution in [3.05, 3.63) is 23.2 Å². The molecule has 0 aliphatic carbocycles. The topological polar surface area (TPSA) is 88.8 Å². The van der Waals surface area contributed by atoms with Gasteiger partial charge in [-0.1, -0.05) is 0 Å². The summed E-state index contributed by atoms with van der Waals surface area (Å²) in [7, 11) is 0. The molecule has 1 aromatic heterocycles. The van der Waals surface area contributed by atoms with Gasteiger partial charge in [0, 0.05) is 0 Å². The molecular weight excluding hydrogens is 250 g/mol. The van der Waals surface area contributed by atoms with Crippen molar-refractivity contribution < 1.29 is 23.8 Å². The summed E-state index contributed by atoms with van der Waals surface area (Å²) in [5.41, 5.74) is 0.120. The standard InChI is InChI=1S/C13H17NO5/c1-7-3-4-11(18-7)12(15)14-6-9-5-10(13(16)17)8(2)19-9/h5,7,11H,3-4,6H2,1-2H3,(H,14,15)(H,16,17). The normalized spacial score (nSPS) is 22.4.